The molecule has 0 spiro atoms. The molecule has 4 aromatic rings. The van der Waals surface area contributed by atoms with Crippen molar-refractivity contribution in [1.82, 2.24) is 19.9 Å². The molecule has 4 heteroatoms. The third-order valence-electron chi connectivity index (χ3n) is 4.48. The Morgan fingerprint density at radius 2 is 1.14 bits per heavy atom. The molecule has 0 aliphatic rings. The van der Waals surface area contributed by atoms with Crippen LogP contribution in [0, 0.1) is 0 Å². The Morgan fingerprint density at radius 1 is 0.571 bits per heavy atom. The summed E-state index contributed by atoms with van der Waals surface area (Å²) in [4.78, 5) is 18.5. The monoisotopic (exact) mass is 366 g/mol. The molecule has 0 unspecified atom stereocenters. The van der Waals surface area contributed by atoms with Crippen LogP contribution in [-0.2, 0) is 5.41 Å². The van der Waals surface area contributed by atoms with E-state index in [2.05, 4.69) is 56.1 Å². The maximum atomic E-state index is 4.77. The van der Waals surface area contributed by atoms with Gasteiger partial charge in [0.15, 0.2) is 11.6 Å². The Labute approximate surface area is 165 Å². The van der Waals surface area contributed by atoms with Crippen molar-refractivity contribution >= 4 is 0 Å². The van der Waals surface area contributed by atoms with Crippen molar-refractivity contribution < 1.29 is 0 Å². The lowest BCUT2D eigenvalue weighted by Gasteiger charge is -2.18. The highest BCUT2D eigenvalue weighted by Crippen LogP contribution is 2.27. The van der Waals surface area contributed by atoms with Crippen molar-refractivity contribution in [3.63, 3.8) is 0 Å². The predicted molar refractivity (Wildman–Crippen MR) is 113 cm³/mol. The van der Waals surface area contributed by atoms with Gasteiger partial charge < -0.3 is 0 Å². The van der Waals surface area contributed by atoms with Gasteiger partial charge >= 0.3 is 0 Å². The van der Waals surface area contributed by atoms with Gasteiger partial charge in [0.2, 0.25) is 0 Å². The van der Waals surface area contributed by atoms with E-state index in [1.807, 2.05) is 42.6 Å². The number of hydrogen-bond acceptors (Lipinski definition) is 4. The summed E-state index contributed by atoms with van der Waals surface area (Å²) in [5.41, 5.74) is 3.99. The molecule has 2 aromatic carbocycles. The van der Waals surface area contributed by atoms with E-state index in [1.165, 1.54) is 0 Å². The zero-order valence-corrected chi connectivity index (χ0v) is 16.3. The number of aromatic nitrogens is 4. The fraction of sp³-hybridized carbons (Fsp3) is 0.167. The second kappa shape index (κ2) is 7.31. The lowest BCUT2D eigenvalue weighted by atomic mass is 9.95. The predicted octanol–water partition coefficient (Wildman–Crippen LogP) is 5.57. The summed E-state index contributed by atoms with van der Waals surface area (Å²) in [6, 6.07) is 22.3. The number of nitrogens with zero attached hydrogens (tertiary/aromatic N) is 4. The van der Waals surface area contributed by atoms with Crippen molar-refractivity contribution in [2.24, 2.45) is 0 Å². The average Bonchev–Trinajstić information content (AvgIpc) is 2.74. The number of pyridine rings is 1. The van der Waals surface area contributed by atoms with E-state index in [-0.39, 0.29) is 5.41 Å². The van der Waals surface area contributed by atoms with Crippen LogP contribution in [0.1, 0.15) is 26.6 Å². The Hall–Kier alpha value is -3.40. The molecule has 4 nitrogen and oxygen atoms in total. The first-order chi connectivity index (χ1) is 13.5. The Bertz CT molecular complexity index is 1070. The van der Waals surface area contributed by atoms with Gasteiger partial charge in [-0.1, -0.05) is 81.4 Å². The summed E-state index contributed by atoms with van der Waals surface area (Å²) in [6.45, 7) is 6.35. The lowest BCUT2D eigenvalue weighted by Crippen LogP contribution is -2.18. The third-order valence-corrected chi connectivity index (χ3v) is 4.48. The van der Waals surface area contributed by atoms with Crippen LogP contribution in [0.5, 0.6) is 0 Å². The van der Waals surface area contributed by atoms with Crippen molar-refractivity contribution in [3.05, 3.63) is 84.9 Å². The molecule has 0 saturated carbocycles. The summed E-state index contributed by atoms with van der Waals surface area (Å²) >= 11 is 0. The summed E-state index contributed by atoms with van der Waals surface area (Å²) in [6.07, 6.45) is 3.64. The molecule has 0 bridgehead atoms. The van der Waals surface area contributed by atoms with Crippen LogP contribution in [-0.4, -0.2) is 19.9 Å². The molecule has 0 saturated heterocycles. The first-order valence-electron chi connectivity index (χ1n) is 9.33. The highest BCUT2D eigenvalue weighted by atomic mass is 15.0. The molecule has 2 heterocycles. The molecular formula is C24H22N4. The van der Waals surface area contributed by atoms with Crippen LogP contribution < -0.4 is 0 Å². The molecule has 0 aliphatic heterocycles. The van der Waals surface area contributed by atoms with Gasteiger partial charge in [-0.05, 0) is 17.2 Å². The van der Waals surface area contributed by atoms with Crippen LogP contribution in [0.3, 0.4) is 0 Å². The molecule has 0 N–H and O–H groups in total. The van der Waals surface area contributed by atoms with Crippen LogP contribution in [0.15, 0.2) is 79.1 Å². The van der Waals surface area contributed by atoms with Crippen LogP contribution in [0.2, 0.25) is 0 Å². The van der Waals surface area contributed by atoms with Gasteiger partial charge in [0.1, 0.15) is 5.82 Å². The van der Waals surface area contributed by atoms with Crippen LogP contribution in [0.25, 0.3) is 33.9 Å². The molecule has 0 fully saturated rings. The van der Waals surface area contributed by atoms with Crippen molar-refractivity contribution in [2.45, 2.75) is 26.2 Å². The van der Waals surface area contributed by atoms with Crippen molar-refractivity contribution in [1.29, 1.82) is 0 Å². The molecule has 4 rings (SSSR count). The topological polar surface area (TPSA) is 51.6 Å². The molecule has 0 aliphatic carbocycles. The first-order valence-corrected chi connectivity index (χ1v) is 9.33. The number of rotatable bonds is 3. The molecule has 28 heavy (non-hydrogen) atoms. The second-order valence-corrected chi connectivity index (χ2v) is 7.74. The third kappa shape index (κ3) is 3.81. The minimum absolute atomic E-state index is 0.170. The van der Waals surface area contributed by atoms with Gasteiger partial charge in [0, 0.05) is 28.9 Å². The van der Waals surface area contributed by atoms with Crippen molar-refractivity contribution in [3.8, 4) is 33.9 Å². The fourth-order valence-corrected chi connectivity index (χ4v) is 2.90. The zero-order chi connectivity index (χ0) is 19.6. The number of hydrogen-bond donors (Lipinski definition) is 0. The zero-order valence-electron chi connectivity index (χ0n) is 16.3. The maximum Gasteiger partial charge on any atom is 0.163 e. The summed E-state index contributed by atoms with van der Waals surface area (Å²) in [5, 5.41) is 0. The van der Waals surface area contributed by atoms with Gasteiger partial charge in [-0.3, -0.25) is 4.98 Å². The summed E-state index contributed by atoms with van der Waals surface area (Å²) < 4.78 is 0. The summed E-state index contributed by atoms with van der Waals surface area (Å²) in [7, 11) is 0. The van der Waals surface area contributed by atoms with Gasteiger partial charge in [0.25, 0.3) is 0 Å². The summed E-state index contributed by atoms with van der Waals surface area (Å²) in [5.74, 6) is 2.18. The minimum Gasteiger partial charge on any atom is -0.264 e. The molecular weight excluding hydrogens is 344 g/mol. The highest BCUT2D eigenvalue weighted by Gasteiger charge is 2.21. The Morgan fingerprint density at radius 3 is 1.71 bits per heavy atom. The van der Waals surface area contributed by atoms with E-state index in [1.54, 1.807) is 6.20 Å². The van der Waals surface area contributed by atoms with E-state index in [0.29, 0.717) is 11.6 Å². The molecule has 0 amide bonds. The van der Waals surface area contributed by atoms with E-state index in [0.717, 1.165) is 28.1 Å². The fourth-order valence-electron chi connectivity index (χ4n) is 2.90. The molecule has 138 valence electrons. The van der Waals surface area contributed by atoms with Crippen molar-refractivity contribution in [2.75, 3.05) is 0 Å². The normalized spacial score (nSPS) is 11.4. The highest BCUT2D eigenvalue weighted by molar-refractivity contribution is 5.68. The Balaban J connectivity index is 1.78. The lowest BCUT2D eigenvalue weighted by molar-refractivity contribution is 0.543. The SMILES string of the molecule is CC(C)(C)c1nc(-c2ccccc2)nc(-c2ccc(-c3cccnc3)cc2)n1. The van der Waals surface area contributed by atoms with Gasteiger partial charge in [0.05, 0.1) is 0 Å². The average molecular weight is 366 g/mol. The molecule has 0 radical (unpaired) electrons. The first kappa shape index (κ1) is 18.0. The van der Waals surface area contributed by atoms with E-state index in [9.17, 15) is 0 Å². The molecule has 0 atom stereocenters. The Kier molecular flexibility index (Phi) is 4.70. The quantitative estimate of drug-likeness (QED) is 0.476. The smallest absolute Gasteiger partial charge is 0.163 e. The minimum atomic E-state index is -0.170. The largest absolute Gasteiger partial charge is 0.264 e. The standard InChI is InChI=1S/C24H22N4/c1-24(2,3)23-27-21(18-8-5-4-6-9-18)26-22(28-23)19-13-11-17(12-14-19)20-10-7-15-25-16-20/h4-16H,1-3H3. The van der Waals surface area contributed by atoms with Crippen LogP contribution >= 0.6 is 0 Å². The van der Waals surface area contributed by atoms with E-state index >= 15 is 0 Å². The second-order valence-electron chi connectivity index (χ2n) is 7.74. The van der Waals surface area contributed by atoms with Gasteiger partial charge in [-0.15, -0.1) is 0 Å². The van der Waals surface area contributed by atoms with E-state index in [4.69, 9.17) is 15.0 Å². The molecule has 2 aromatic heterocycles. The van der Waals surface area contributed by atoms with Gasteiger partial charge in [-0.25, -0.2) is 15.0 Å². The maximum absolute atomic E-state index is 4.77. The van der Waals surface area contributed by atoms with E-state index < -0.39 is 0 Å². The number of benzene rings is 2. The van der Waals surface area contributed by atoms with Crippen LogP contribution in [0.4, 0.5) is 0 Å². The van der Waals surface area contributed by atoms with Gasteiger partial charge in [-0.2, -0.15) is 0 Å².